The van der Waals surface area contributed by atoms with Crippen LogP contribution in [0.25, 0.3) is 0 Å². The summed E-state index contributed by atoms with van der Waals surface area (Å²) in [5, 5.41) is 6.84. The molecule has 0 bridgehead atoms. The molecule has 0 aliphatic heterocycles. The number of carbonyl (C=O) groups is 1. The van der Waals surface area contributed by atoms with Gasteiger partial charge in [0.05, 0.1) is 11.1 Å². The molecule has 1 heterocycles. The Hall–Kier alpha value is -1.95. The summed E-state index contributed by atoms with van der Waals surface area (Å²) in [6.07, 6.45) is 1.43. The van der Waals surface area contributed by atoms with Crippen molar-refractivity contribution in [1.82, 2.24) is 20.1 Å². The molecule has 5 nitrogen and oxygen atoms in total. The zero-order chi connectivity index (χ0) is 15.6. The minimum Gasteiger partial charge on any atom is -0.342 e. The van der Waals surface area contributed by atoms with E-state index in [4.69, 9.17) is 11.6 Å². The molecule has 0 spiro atoms. The highest BCUT2D eigenvalue weighted by atomic mass is 35.5. The first-order chi connectivity index (χ1) is 9.90. The topological polar surface area (TPSA) is 59.8 Å². The Balaban J connectivity index is 2.23. The number of hydrogen-bond acceptors (Lipinski definition) is 3. The SMILES string of the molecule is CC(C)[C@@H](NC(=O)c1ccc(Cl)c(F)c1)c1ncnn1C. The molecule has 0 saturated carbocycles. The highest BCUT2D eigenvalue weighted by Crippen LogP contribution is 2.21. The summed E-state index contributed by atoms with van der Waals surface area (Å²) < 4.78 is 15.0. The summed E-state index contributed by atoms with van der Waals surface area (Å²) in [7, 11) is 1.76. The van der Waals surface area contributed by atoms with Crippen molar-refractivity contribution >= 4 is 17.5 Å². The molecule has 2 rings (SSSR count). The van der Waals surface area contributed by atoms with Crippen LogP contribution in [0, 0.1) is 11.7 Å². The minimum absolute atomic E-state index is 0.0136. The highest BCUT2D eigenvalue weighted by molar-refractivity contribution is 6.30. The number of nitrogens with zero attached hydrogens (tertiary/aromatic N) is 3. The lowest BCUT2D eigenvalue weighted by Gasteiger charge is -2.21. The van der Waals surface area contributed by atoms with Gasteiger partial charge < -0.3 is 5.32 Å². The number of rotatable bonds is 4. The quantitative estimate of drug-likeness (QED) is 0.944. The van der Waals surface area contributed by atoms with Gasteiger partial charge in [0.15, 0.2) is 0 Å². The number of nitrogens with one attached hydrogen (secondary N) is 1. The van der Waals surface area contributed by atoms with E-state index in [-0.39, 0.29) is 28.5 Å². The van der Waals surface area contributed by atoms with Crippen LogP contribution in [0.5, 0.6) is 0 Å². The molecule has 1 N–H and O–H groups in total. The van der Waals surface area contributed by atoms with Crippen molar-refractivity contribution in [3.63, 3.8) is 0 Å². The smallest absolute Gasteiger partial charge is 0.251 e. The second-order valence-corrected chi connectivity index (χ2v) is 5.47. The molecule has 0 saturated heterocycles. The number of carbonyl (C=O) groups excluding carboxylic acids is 1. The van der Waals surface area contributed by atoms with Gasteiger partial charge in [0, 0.05) is 12.6 Å². The fourth-order valence-electron chi connectivity index (χ4n) is 1.98. The number of benzene rings is 1. The molecule has 1 aromatic carbocycles. The summed E-state index contributed by atoms with van der Waals surface area (Å²) >= 11 is 5.62. The van der Waals surface area contributed by atoms with Gasteiger partial charge in [-0.3, -0.25) is 9.48 Å². The third-order valence-electron chi connectivity index (χ3n) is 3.16. The van der Waals surface area contributed by atoms with Crippen LogP contribution in [0.1, 0.15) is 36.1 Å². The van der Waals surface area contributed by atoms with E-state index >= 15 is 0 Å². The maximum atomic E-state index is 13.4. The Labute approximate surface area is 127 Å². The zero-order valence-corrected chi connectivity index (χ0v) is 12.7. The minimum atomic E-state index is -0.621. The number of halogens is 2. The van der Waals surface area contributed by atoms with Crippen LogP contribution >= 0.6 is 11.6 Å². The fourth-order valence-corrected chi connectivity index (χ4v) is 2.10. The Bertz CT molecular complexity index is 656. The van der Waals surface area contributed by atoms with Crippen molar-refractivity contribution in [2.45, 2.75) is 19.9 Å². The number of aryl methyl sites for hydroxylation is 1. The van der Waals surface area contributed by atoms with Crippen molar-refractivity contribution in [2.75, 3.05) is 0 Å². The van der Waals surface area contributed by atoms with Gasteiger partial charge in [0.1, 0.15) is 18.0 Å². The summed E-state index contributed by atoms with van der Waals surface area (Å²) in [5.41, 5.74) is 0.213. The summed E-state index contributed by atoms with van der Waals surface area (Å²) in [6.45, 7) is 3.92. The second kappa shape index (κ2) is 6.22. The third-order valence-corrected chi connectivity index (χ3v) is 3.47. The van der Waals surface area contributed by atoms with Crippen molar-refractivity contribution in [3.8, 4) is 0 Å². The van der Waals surface area contributed by atoms with Crippen LogP contribution in [0.2, 0.25) is 5.02 Å². The lowest BCUT2D eigenvalue weighted by Crippen LogP contribution is -2.33. The van der Waals surface area contributed by atoms with Crippen LogP contribution in [-0.2, 0) is 7.05 Å². The first kappa shape index (κ1) is 15.4. The van der Waals surface area contributed by atoms with Crippen molar-refractivity contribution in [3.05, 3.63) is 46.8 Å². The maximum absolute atomic E-state index is 13.4. The standard InChI is InChI=1S/C14H16ClFN4O/c1-8(2)12(13-17-7-18-20(13)3)19-14(21)9-4-5-10(15)11(16)6-9/h4-8,12H,1-3H3,(H,19,21)/t12-/m1/s1. The molecule has 0 radical (unpaired) electrons. The van der Waals surface area contributed by atoms with Gasteiger partial charge in [-0.05, 0) is 24.1 Å². The van der Waals surface area contributed by atoms with Crippen LogP contribution in [0.3, 0.4) is 0 Å². The largest absolute Gasteiger partial charge is 0.342 e. The predicted molar refractivity (Wildman–Crippen MR) is 77.5 cm³/mol. The molecule has 0 fully saturated rings. The van der Waals surface area contributed by atoms with E-state index in [0.29, 0.717) is 5.82 Å². The number of amides is 1. The Kier molecular flexibility index (Phi) is 4.57. The molecule has 7 heteroatoms. The molecule has 0 aliphatic rings. The van der Waals surface area contributed by atoms with Gasteiger partial charge in [-0.25, -0.2) is 9.37 Å². The molecule has 1 amide bonds. The average Bonchev–Trinajstić information content (AvgIpc) is 2.84. The van der Waals surface area contributed by atoms with Crippen LogP contribution in [-0.4, -0.2) is 20.7 Å². The number of hydrogen-bond donors (Lipinski definition) is 1. The van der Waals surface area contributed by atoms with Crippen molar-refractivity contribution < 1.29 is 9.18 Å². The van der Waals surface area contributed by atoms with Crippen LogP contribution in [0.15, 0.2) is 24.5 Å². The Morgan fingerprint density at radius 1 is 1.43 bits per heavy atom. The van der Waals surface area contributed by atoms with E-state index in [1.807, 2.05) is 13.8 Å². The lowest BCUT2D eigenvalue weighted by molar-refractivity contribution is 0.0921. The number of aromatic nitrogens is 3. The van der Waals surface area contributed by atoms with E-state index in [9.17, 15) is 9.18 Å². The van der Waals surface area contributed by atoms with Gasteiger partial charge in [-0.2, -0.15) is 5.10 Å². The molecule has 21 heavy (non-hydrogen) atoms. The van der Waals surface area contributed by atoms with Gasteiger partial charge in [0.25, 0.3) is 5.91 Å². The van der Waals surface area contributed by atoms with Gasteiger partial charge in [0.2, 0.25) is 0 Å². The average molecular weight is 311 g/mol. The van der Waals surface area contributed by atoms with Gasteiger partial charge in [-0.1, -0.05) is 25.4 Å². The maximum Gasteiger partial charge on any atom is 0.251 e. The molecular formula is C14H16ClFN4O. The molecule has 1 aromatic heterocycles. The van der Waals surface area contributed by atoms with E-state index in [1.54, 1.807) is 11.7 Å². The molecule has 112 valence electrons. The van der Waals surface area contributed by atoms with Gasteiger partial charge in [-0.15, -0.1) is 0 Å². The Morgan fingerprint density at radius 2 is 2.14 bits per heavy atom. The molecule has 1 atom stereocenters. The van der Waals surface area contributed by atoms with Gasteiger partial charge >= 0.3 is 0 Å². The monoisotopic (exact) mass is 310 g/mol. The first-order valence-corrected chi connectivity index (χ1v) is 6.87. The zero-order valence-electron chi connectivity index (χ0n) is 12.0. The molecule has 0 unspecified atom stereocenters. The first-order valence-electron chi connectivity index (χ1n) is 6.50. The van der Waals surface area contributed by atoms with Crippen molar-refractivity contribution in [1.29, 1.82) is 0 Å². The van der Waals surface area contributed by atoms with E-state index in [2.05, 4.69) is 15.4 Å². The van der Waals surface area contributed by atoms with Crippen LogP contribution < -0.4 is 5.32 Å². The second-order valence-electron chi connectivity index (χ2n) is 5.07. The normalized spacial score (nSPS) is 12.5. The van der Waals surface area contributed by atoms with Crippen LogP contribution in [0.4, 0.5) is 4.39 Å². The predicted octanol–water partition coefficient (Wildman–Crippen LogP) is 2.73. The summed E-state index contributed by atoms with van der Waals surface area (Å²) in [5.74, 6) is -0.252. The molecular weight excluding hydrogens is 295 g/mol. The van der Waals surface area contributed by atoms with E-state index in [1.165, 1.54) is 18.5 Å². The lowest BCUT2D eigenvalue weighted by atomic mass is 10.0. The van der Waals surface area contributed by atoms with Crippen molar-refractivity contribution in [2.24, 2.45) is 13.0 Å². The molecule has 0 aliphatic carbocycles. The summed E-state index contributed by atoms with van der Waals surface area (Å²) in [4.78, 5) is 16.4. The highest BCUT2D eigenvalue weighted by Gasteiger charge is 2.23. The fraction of sp³-hybridized carbons (Fsp3) is 0.357. The van der Waals surface area contributed by atoms with E-state index in [0.717, 1.165) is 6.07 Å². The molecule has 2 aromatic rings. The Morgan fingerprint density at radius 3 is 2.67 bits per heavy atom. The van der Waals surface area contributed by atoms with E-state index < -0.39 is 5.82 Å². The summed E-state index contributed by atoms with van der Waals surface area (Å²) in [6, 6.07) is 3.64. The third kappa shape index (κ3) is 3.39.